The number of hydrogen-bond acceptors (Lipinski definition) is 6. The smallest absolute Gasteiger partial charge is 0.456 e. The van der Waals surface area contributed by atoms with Crippen LogP contribution in [-0.4, -0.2) is 74.3 Å². The van der Waals surface area contributed by atoms with Crippen molar-refractivity contribution in [3.05, 3.63) is 85.1 Å². The molecular formula is C79H146N2O7P+. The number of phosphoric ester groups is 1. The summed E-state index contributed by atoms with van der Waals surface area (Å²) in [4.78, 5) is 38.0. The van der Waals surface area contributed by atoms with Gasteiger partial charge < -0.3 is 19.4 Å². The third-order valence-electron chi connectivity index (χ3n) is 16.8. The van der Waals surface area contributed by atoms with Crippen LogP contribution < -0.4 is 5.32 Å². The summed E-state index contributed by atoms with van der Waals surface area (Å²) in [5.74, 6) is -0.499. The molecule has 0 aliphatic heterocycles. The third-order valence-corrected chi connectivity index (χ3v) is 17.8. The highest BCUT2D eigenvalue weighted by atomic mass is 31.2. The average Bonchev–Trinajstić information content (AvgIpc) is 3.65. The first-order chi connectivity index (χ1) is 43.4. The maximum absolute atomic E-state index is 13.7. The molecule has 0 aromatic carbocycles. The largest absolute Gasteiger partial charge is 0.472 e. The van der Waals surface area contributed by atoms with Gasteiger partial charge in [-0.15, -0.1) is 0 Å². The van der Waals surface area contributed by atoms with E-state index in [9.17, 15) is 19.0 Å². The van der Waals surface area contributed by atoms with Gasteiger partial charge in [0.1, 0.15) is 19.3 Å². The van der Waals surface area contributed by atoms with Gasteiger partial charge in [-0.05, 0) is 109 Å². The number of unbranched alkanes of at least 4 members (excludes halogenated alkanes) is 41. The molecule has 518 valence electrons. The van der Waals surface area contributed by atoms with Gasteiger partial charge in [0.15, 0.2) is 0 Å². The van der Waals surface area contributed by atoms with Gasteiger partial charge in [-0.1, -0.05) is 318 Å². The molecular weight excluding hydrogens is 1120 g/mol. The van der Waals surface area contributed by atoms with Gasteiger partial charge in [-0.25, -0.2) is 4.57 Å². The van der Waals surface area contributed by atoms with Gasteiger partial charge in [0.05, 0.1) is 33.8 Å². The fourth-order valence-corrected chi connectivity index (χ4v) is 11.7. The Morgan fingerprint density at radius 1 is 0.393 bits per heavy atom. The first kappa shape index (κ1) is 86.2. The van der Waals surface area contributed by atoms with Crippen molar-refractivity contribution in [1.29, 1.82) is 0 Å². The van der Waals surface area contributed by atoms with Crippen LogP contribution in [-0.2, 0) is 27.9 Å². The molecule has 9 nitrogen and oxygen atoms in total. The van der Waals surface area contributed by atoms with Crippen molar-refractivity contribution in [2.45, 2.75) is 367 Å². The number of nitrogens with one attached hydrogen (secondary N) is 1. The van der Waals surface area contributed by atoms with Gasteiger partial charge in [0.25, 0.3) is 0 Å². The number of rotatable bonds is 69. The molecule has 0 saturated heterocycles. The second-order valence-electron chi connectivity index (χ2n) is 26.8. The van der Waals surface area contributed by atoms with Crippen LogP contribution in [0.3, 0.4) is 0 Å². The predicted octanol–water partition coefficient (Wildman–Crippen LogP) is 24.5. The lowest BCUT2D eigenvalue weighted by atomic mass is 10.0. The Morgan fingerprint density at radius 2 is 0.685 bits per heavy atom. The standard InChI is InChI=1S/C79H145N2O7P/c1-7-10-13-16-19-22-25-28-30-32-34-36-38-39-40-41-43-44-46-48-50-53-56-59-62-65-68-71-78(82)80-76(75-87-89(84,85)86-74-73-81(4,5)6)77(70-67-64-61-58-55-52-27-24-21-18-15-12-9-3)88-79(83)72-69-66-63-60-57-54-51-49-47-45-42-37-35-33-31-29-26-23-20-17-14-11-8-2/h19-20,22-23,28-31,34-37,67,70,76-77H,7-18,21,24-27,32-33,38-66,68-69,71-75H2,1-6H3,(H-,80,82,84,85)/p+1/b22-19-,23-20-,30-28-,31-29-,36-34-,37-35-,70-67-. The minimum atomic E-state index is -4.46. The third kappa shape index (κ3) is 69.4. The van der Waals surface area contributed by atoms with Crippen molar-refractivity contribution in [1.82, 2.24) is 5.32 Å². The Hall–Kier alpha value is -2.81. The second kappa shape index (κ2) is 68.1. The van der Waals surface area contributed by atoms with Crippen LogP contribution in [0, 0.1) is 0 Å². The molecule has 0 spiro atoms. The molecule has 0 aliphatic rings. The van der Waals surface area contributed by atoms with Crippen molar-refractivity contribution in [2.24, 2.45) is 0 Å². The second-order valence-corrected chi connectivity index (χ2v) is 28.3. The summed E-state index contributed by atoms with van der Waals surface area (Å²) in [5.41, 5.74) is 0. The highest BCUT2D eigenvalue weighted by Crippen LogP contribution is 2.43. The number of allylic oxidation sites excluding steroid dienone is 13. The molecule has 0 fully saturated rings. The predicted molar refractivity (Wildman–Crippen MR) is 388 cm³/mol. The number of amides is 1. The minimum absolute atomic E-state index is 0.0379. The Bertz CT molecular complexity index is 1800. The first-order valence-corrected chi connectivity index (χ1v) is 39.4. The van der Waals surface area contributed by atoms with E-state index in [-0.39, 0.29) is 31.5 Å². The summed E-state index contributed by atoms with van der Waals surface area (Å²) in [7, 11) is 1.50. The van der Waals surface area contributed by atoms with Crippen molar-refractivity contribution < 1.29 is 37.3 Å². The summed E-state index contributed by atoms with van der Waals surface area (Å²) >= 11 is 0. The summed E-state index contributed by atoms with van der Waals surface area (Å²) < 4.78 is 30.9. The summed E-state index contributed by atoms with van der Waals surface area (Å²) in [6.07, 6.45) is 91.7. The molecule has 0 saturated carbocycles. The fourth-order valence-electron chi connectivity index (χ4n) is 11.0. The number of likely N-dealkylation sites (N-methyl/N-ethyl adjacent to an activating group) is 1. The number of carbonyl (C=O) groups is 2. The van der Waals surface area contributed by atoms with E-state index in [1.165, 1.54) is 238 Å². The Morgan fingerprint density at radius 3 is 1.04 bits per heavy atom. The summed E-state index contributed by atoms with van der Waals surface area (Å²) in [6, 6.07) is -0.855. The van der Waals surface area contributed by atoms with Gasteiger partial charge in [-0.3, -0.25) is 18.6 Å². The minimum Gasteiger partial charge on any atom is -0.456 e. The van der Waals surface area contributed by atoms with Crippen molar-refractivity contribution >= 4 is 19.7 Å². The zero-order valence-electron chi connectivity index (χ0n) is 59.4. The molecule has 89 heavy (non-hydrogen) atoms. The van der Waals surface area contributed by atoms with Crippen LogP contribution in [0.2, 0.25) is 0 Å². The molecule has 0 aliphatic carbocycles. The number of quaternary nitrogens is 1. The SMILES string of the molecule is CCCCC/C=C\C/C=C\C/C=C\CCCCCCCCCCCCCCCCC(=O)NC(COP(=O)(O)OCC[N+](C)(C)C)C(/C=C\CCCCCCCCCCCCC)OC(=O)CCCCCCCCCCCC/C=C\C/C=C\C/C=C\CCCCC. The van der Waals surface area contributed by atoms with Crippen LogP contribution in [0.4, 0.5) is 0 Å². The number of esters is 1. The number of phosphoric acid groups is 1. The van der Waals surface area contributed by atoms with E-state index >= 15 is 0 Å². The van der Waals surface area contributed by atoms with E-state index in [0.717, 1.165) is 83.5 Å². The molecule has 0 aromatic heterocycles. The van der Waals surface area contributed by atoms with Gasteiger partial charge in [0, 0.05) is 12.8 Å². The van der Waals surface area contributed by atoms with Crippen LogP contribution >= 0.6 is 7.82 Å². The van der Waals surface area contributed by atoms with E-state index < -0.39 is 20.0 Å². The topological polar surface area (TPSA) is 111 Å². The van der Waals surface area contributed by atoms with Gasteiger partial charge in [0.2, 0.25) is 5.91 Å². The zero-order chi connectivity index (χ0) is 64.9. The van der Waals surface area contributed by atoms with E-state index in [2.05, 4.69) is 99.0 Å². The van der Waals surface area contributed by atoms with E-state index in [1.54, 1.807) is 0 Å². The van der Waals surface area contributed by atoms with Crippen LogP contribution in [0.25, 0.3) is 0 Å². The van der Waals surface area contributed by atoms with E-state index in [1.807, 2.05) is 33.3 Å². The quantitative estimate of drug-likeness (QED) is 0.0205. The highest BCUT2D eigenvalue weighted by Gasteiger charge is 2.30. The average molecular weight is 1270 g/mol. The number of carbonyl (C=O) groups excluding carboxylic acids is 2. The lowest BCUT2D eigenvalue weighted by Gasteiger charge is -2.27. The number of nitrogens with zero attached hydrogens (tertiary/aromatic N) is 1. The maximum Gasteiger partial charge on any atom is 0.472 e. The fraction of sp³-hybridized carbons (Fsp3) is 0.797. The number of hydrogen-bond donors (Lipinski definition) is 2. The first-order valence-electron chi connectivity index (χ1n) is 37.9. The lowest BCUT2D eigenvalue weighted by Crippen LogP contribution is -2.47. The molecule has 2 N–H and O–H groups in total. The molecule has 10 heteroatoms. The van der Waals surface area contributed by atoms with Crippen molar-refractivity contribution in [3.63, 3.8) is 0 Å². The Kier molecular flexibility index (Phi) is 65.9. The summed E-state index contributed by atoms with van der Waals surface area (Å²) in [6.45, 7) is 7.00. The molecule has 1 amide bonds. The zero-order valence-corrected chi connectivity index (χ0v) is 60.3. The molecule has 0 bridgehead atoms. The molecule has 3 unspecified atom stereocenters. The molecule has 3 atom stereocenters. The van der Waals surface area contributed by atoms with Crippen LogP contribution in [0.5, 0.6) is 0 Å². The van der Waals surface area contributed by atoms with E-state index in [4.69, 9.17) is 13.8 Å². The van der Waals surface area contributed by atoms with Crippen LogP contribution in [0.1, 0.15) is 355 Å². The molecule has 0 aromatic rings. The van der Waals surface area contributed by atoms with Crippen molar-refractivity contribution in [3.8, 4) is 0 Å². The maximum atomic E-state index is 13.7. The monoisotopic (exact) mass is 1270 g/mol. The van der Waals surface area contributed by atoms with Crippen LogP contribution in [0.15, 0.2) is 85.1 Å². The summed E-state index contributed by atoms with van der Waals surface area (Å²) in [5, 5.41) is 3.08. The Labute approximate surface area is 552 Å². The lowest BCUT2D eigenvalue weighted by molar-refractivity contribution is -0.870. The van der Waals surface area contributed by atoms with Crippen molar-refractivity contribution in [2.75, 3.05) is 40.9 Å². The molecule has 0 radical (unpaired) electrons. The van der Waals surface area contributed by atoms with Gasteiger partial charge >= 0.3 is 13.8 Å². The highest BCUT2D eigenvalue weighted by molar-refractivity contribution is 7.47. The normalized spacial score (nSPS) is 13.9. The van der Waals surface area contributed by atoms with Gasteiger partial charge in [-0.2, -0.15) is 0 Å². The molecule has 0 heterocycles. The number of ether oxygens (including phenoxy) is 1. The molecule has 0 rings (SSSR count). The Balaban J connectivity index is 5.03. The van der Waals surface area contributed by atoms with E-state index in [0.29, 0.717) is 17.4 Å².